The van der Waals surface area contributed by atoms with Crippen LogP contribution in [0.2, 0.25) is 5.02 Å². The molecule has 0 atom stereocenters. The van der Waals surface area contributed by atoms with Gasteiger partial charge in [-0.25, -0.2) is 4.98 Å². The fourth-order valence-corrected chi connectivity index (χ4v) is 4.33. The van der Waals surface area contributed by atoms with Crippen molar-refractivity contribution in [3.8, 4) is 10.6 Å². The molecular weight excluding hydrogens is 432 g/mol. The molecule has 0 spiro atoms. The van der Waals surface area contributed by atoms with Gasteiger partial charge in [0.1, 0.15) is 10.7 Å². The van der Waals surface area contributed by atoms with Crippen molar-refractivity contribution < 1.29 is 9.59 Å². The van der Waals surface area contributed by atoms with Gasteiger partial charge >= 0.3 is 0 Å². The molecule has 31 heavy (non-hydrogen) atoms. The van der Waals surface area contributed by atoms with Gasteiger partial charge in [0.15, 0.2) is 0 Å². The Hall–Kier alpha value is -2.74. The van der Waals surface area contributed by atoms with Gasteiger partial charge in [0.2, 0.25) is 5.91 Å². The summed E-state index contributed by atoms with van der Waals surface area (Å²) in [5.74, 6) is -0.115. The summed E-state index contributed by atoms with van der Waals surface area (Å²) in [6.45, 7) is 4.78. The molecule has 1 fully saturated rings. The number of amides is 2. The Bertz CT molecular complexity index is 1060. The number of aryl methyl sites for hydroxylation is 1. The van der Waals surface area contributed by atoms with Gasteiger partial charge in [0, 0.05) is 47.8 Å². The summed E-state index contributed by atoms with van der Waals surface area (Å²) >= 11 is 7.39. The molecule has 1 saturated heterocycles. The normalized spacial score (nSPS) is 14.5. The molecule has 8 heteroatoms. The van der Waals surface area contributed by atoms with Crippen LogP contribution < -0.4 is 5.32 Å². The standard InChI is InChI=1S/C23H23ClN4O2S/c1-16-2-8-19(9-3-16)25-21(29)14-27-10-12-28(13-11-27)23(30)20-15-31-22(26-20)17-4-6-18(24)7-5-17/h2-9,15H,10-14H2,1H3,(H,25,29). The number of hydrogen-bond acceptors (Lipinski definition) is 5. The van der Waals surface area contributed by atoms with Gasteiger partial charge in [-0.3, -0.25) is 14.5 Å². The van der Waals surface area contributed by atoms with E-state index in [9.17, 15) is 9.59 Å². The summed E-state index contributed by atoms with van der Waals surface area (Å²) in [6, 6.07) is 15.2. The monoisotopic (exact) mass is 454 g/mol. The van der Waals surface area contributed by atoms with E-state index in [2.05, 4.69) is 15.2 Å². The lowest BCUT2D eigenvalue weighted by molar-refractivity contribution is -0.117. The Kier molecular flexibility index (Phi) is 6.65. The van der Waals surface area contributed by atoms with Crippen molar-refractivity contribution in [1.82, 2.24) is 14.8 Å². The van der Waals surface area contributed by atoms with Gasteiger partial charge in [0.05, 0.1) is 6.54 Å². The van der Waals surface area contributed by atoms with Crippen molar-refractivity contribution in [2.45, 2.75) is 6.92 Å². The maximum absolute atomic E-state index is 12.8. The SMILES string of the molecule is Cc1ccc(NC(=O)CN2CCN(C(=O)c3csc(-c4ccc(Cl)cc4)n3)CC2)cc1. The second-order valence-electron chi connectivity index (χ2n) is 7.53. The molecule has 0 saturated carbocycles. The molecule has 160 valence electrons. The van der Waals surface area contributed by atoms with Crippen molar-refractivity contribution in [2.75, 3.05) is 38.0 Å². The van der Waals surface area contributed by atoms with E-state index in [1.807, 2.05) is 55.5 Å². The molecule has 0 unspecified atom stereocenters. The van der Waals surface area contributed by atoms with Crippen LogP contribution in [-0.2, 0) is 4.79 Å². The van der Waals surface area contributed by atoms with Crippen LogP contribution in [-0.4, -0.2) is 59.3 Å². The second kappa shape index (κ2) is 9.60. The lowest BCUT2D eigenvalue weighted by Crippen LogP contribution is -2.50. The van der Waals surface area contributed by atoms with Crippen molar-refractivity contribution in [3.63, 3.8) is 0 Å². The number of carbonyl (C=O) groups excluding carboxylic acids is 2. The maximum atomic E-state index is 12.8. The molecule has 2 amide bonds. The van der Waals surface area contributed by atoms with Crippen molar-refractivity contribution in [1.29, 1.82) is 0 Å². The number of thiazole rings is 1. The van der Waals surface area contributed by atoms with Crippen LogP contribution in [0.1, 0.15) is 16.1 Å². The average molecular weight is 455 g/mol. The molecule has 6 nitrogen and oxygen atoms in total. The zero-order valence-corrected chi connectivity index (χ0v) is 18.7. The number of anilines is 1. The first kappa shape index (κ1) is 21.5. The van der Waals surface area contributed by atoms with Crippen LogP contribution in [0, 0.1) is 6.92 Å². The number of rotatable bonds is 5. The number of nitrogens with one attached hydrogen (secondary N) is 1. The zero-order valence-electron chi connectivity index (χ0n) is 17.2. The highest BCUT2D eigenvalue weighted by Gasteiger charge is 2.25. The second-order valence-corrected chi connectivity index (χ2v) is 8.82. The van der Waals surface area contributed by atoms with E-state index in [-0.39, 0.29) is 11.8 Å². The predicted molar refractivity (Wildman–Crippen MR) is 125 cm³/mol. The third-order valence-electron chi connectivity index (χ3n) is 5.18. The Morgan fingerprint density at radius 1 is 1.03 bits per heavy atom. The first-order chi connectivity index (χ1) is 15.0. The quantitative estimate of drug-likeness (QED) is 0.628. The minimum atomic E-state index is -0.0692. The number of carbonyl (C=O) groups is 2. The number of aromatic nitrogens is 1. The van der Waals surface area contributed by atoms with Gasteiger partial charge in [-0.15, -0.1) is 11.3 Å². The van der Waals surface area contributed by atoms with Gasteiger partial charge in [0.25, 0.3) is 5.91 Å². The van der Waals surface area contributed by atoms with Crippen LogP contribution in [0.25, 0.3) is 10.6 Å². The molecule has 2 aromatic carbocycles. The number of benzene rings is 2. The number of hydrogen-bond donors (Lipinski definition) is 1. The Morgan fingerprint density at radius 3 is 2.39 bits per heavy atom. The van der Waals surface area contributed by atoms with Crippen LogP contribution in [0.5, 0.6) is 0 Å². The number of halogens is 1. The summed E-state index contributed by atoms with van der Waals surface area (Å²) in [6.07, 6.45) is 0. The minimum absolute atomic E-state index is 0.0456. The molecule has 2 heterocycles. The summed E-state index contributed by atoms with van der Waals surface area (Å²) in [5, 5.41) is 6.19. The lowest BCUT2D eigenvalue weighted by Gasteiger charge is -2.33. The lowest BCUT2D eigenvalue weighted by atomic mass is 10.2. The molecular formula is C23H23ClN4O2S. The van der Waals surface area contributed by atoms with E-state index in [0.717, 1.165) is 21.8 Å². The van der Waals surface area contributed by atoms with Gasteiger partial charge < -0.3 is 10.2 Å². The Morgan fingerprint density at radius 2 is 1.71 bits per heavy atom. The average Bonchev–Trinajstić information content (AvgIpc) is 3.26. The summed E-state index contributed by atoms with van der Waals surface area (Å²) < 4.78 is 0. The summed E-state index contributed by atoms with van der Waals surface area (Å²) in [7, 11) is 0. The van der Waals surface area contributed by atoms with E-state index in [1.54, 1.807) is 10.3 Å². The van der Waals surface area contributed by atoms with E-state index >= 15 is 0 Å². The Labute approximate surface area is 190 Å². The van der Waals surface area contributed by atoms with Crippen LogP contribution >= 0.6 is 22.9 Å². The first-order valence-corrected chi connectivity index (χ1v) is 11.3. The van der Waals surface area contributed by atoms with E-state index < -0.39 is 0 Å². The molecule has 4 rings (SSSR count). The fourth-order valence-electron chi connectivity index (χ4n) is 3.41. The predicted octanol–water partition coefficient (Wildman–Crippen LogP) is 4.17. The minimum Gasteiger partial charge on any atom is -0.335 e. The molecule has 1 N–H and O–H groups in total. The molecule has 0 radical (unpaired) electrons. The fraction of sp³-hybridized carbons (Fsp3) is 0.261. The first-order valence-electron chi connectivity index (χ1n) is 10.1. The van der Waals surface area contributed by atoms with Crippen LogP contribution in [0.3, 0.4) is 0 Å². The Balaban J connectivity index is 1.28. The topological polar surface area (TPSA) is 65.5 Å². The van der Waals surface area contributed by atoms with Gasteiger partial charge in [-0.1, -0.05) is 41.4 Å². The van der Waals surface area contributed by atoms with Crippen molar-refractivity contribution in [2.24, 2.45) is 0 Å². The molecule has 0 bridgehead atoms. The van der Waals surface area contributed by atoms with Gasteiger partial charge in [-0.2, -0.15) is 0 Å². The largest absolute Gasteiger partial charge is 0.335 e. The molecule has 1 aliphatic rings. The molecule has 0 aliphatic carbocycles. The summed E-state index contributed by atoms with van der Waals surface area (Å²) in [5.41, 5.74) is 3.35. The van der Waals surface area contributed by atoms with Crippen LogP contribution in [0.15, 0.2) is 53.9 Å². The number of nitrogens with zero attached hydrogens (tertiary/aromatic N) is 3. The highest BCUT2D eigenvalue weighted by molar-refractivity contribution is 7.13. The maximum Gasteiger partial charge on any atom is 0.273 e. The van der Waals surface area contributed by atoms with E-state index in [1.165, 1.54) is 11.3 Å². The highest BCUT2D eigenvalue weighted by atomic mass is 35.5. The molecule has 1 aromatic heterocycles. The third kappa shape index (κ3) is 5.50. The smallest absolute Gasteiger partial charge is 0.273 e. The van der Waals surface area contributed by atoms with E-state index in [0.29, 0.717) is 43.4 Å². The molecule has 1 aliphatic heterocycles. The summed E-state index contributed by atoms with van der Waals surface area (Å²) in [4.78, 5) is 33.5. The number of piperazine rings is 1. The third-order valence-corrected chi connectivity index (χ3v) is 6.32. The van der Waals surface area contributed by atoms with Crippen LogP contribution in [0.4, 0.5) is 5.69 Å². The zero-order chi connectivity index (χ0) is 21.8. The van der Waals surface area contributed by atoms with Gasteiger partial charge in [-0.05, 0) is 31.2 Å². The van der Waals surface area contributed by atoms with Crippen molar-refractivity contribution in [3.05, 3.63) is 70.2 Å². The van der Waals surface area contributed by atoms with Crippen molar-refractivity contribution >= 4 is 40.4 Å². The van der Waals surface area contributed by atoms with E-state index in [4.69, 9.17) is 11.6 Å². The highest BCUT2D eigenvalue weighted by Crippen LogP contribution is 2.25. The molecule has 3 aromatic rings.